The van der Waals surface area contributed by atoms with Crippen molar-refractivity contribution in [1.29, 1.82) is 0 Å². The van der Waals surface area contributed by atoms with Crippen LogP contribution in [-0.2, 0) is 4.79 Å². The van der Waals surface area contributed by atoms with Crippen molar-refractivity contribution in [2.45, 2.75) is 26.4 Å². The summed E-state index contributed by atoms with van der Waals surface area (Å²) in [7, 11) is 0. The average Bonchev–Trinajstić information content (AvgIpc) is 2.29. The highest BCUT2D eigenvalue weighted by Crippen LogP contribution is 2.13. The zero-order chi connectivity index (χ0) is 11.3. The average molecular weight is 206 g/mol. The summed E-state index contributed by atoms with van der Waals surface area (Å²) in [6, 6.07) is 6.68. The predicted octanol–water partition coefficient (Wildman–Crippen LogP) is 2.25. The van der Waals surface area contributed by atoms with E-state index in [9.17, 15) is 9.59 Å². The van der Waals surface area contributed by atoms with Gasteiger partial charge in [0.15, 0.2) is 11.9 Å². The molecule has 3 heteroatoms. The van der Waals surface area contributed by atoms with Gasteiger partial charge in [-0.1, -0.05) is 6.92 Å². The van der Waals surface area contributed by atoms with Crippen molar-refractivity contribution in [1.82, 2.24) is 0 Å². The first kappa shape index (κ1) is 11.4. The second-order valence-electron chi connectivity index (χ2n) is 3.27. The van der Waals surface area contributed by atoms with Gasteiger partial charge < -0.3 is 4.74 Å². The van der Waals surface area contributed by atoms with E-state index in [1.54, 1.807) is 38.1 Å². The normalized spacial score (nSPS) is 11.9. The van der Waals surface area contributed by atoms with E-state index in [4.69, 9.17) is 4.74 Å². The summed E-state index contributed by atoms with van der Waals surface area (Å²) in [5.41, 5.74) is 0.594. The van der Waals surface area contributed by atoms with Crippen molar-refractivity contribution >= 4 is 12.1 Å². The molecule has 1 unspecified atom stereocenters. The Hall–Kier alpha value is -1.64. The highest BCUT2D eigenvalue weighted by Gasteiger charge is 2.11. The summed E-state index contributed by atoms with van der Waals surface area (Å²) in [4.78, 5) is 21.7. The Labute approximate surface area is 89.1 Å². The van der Waals surface area contributed by atoms with Crippen molar-refractivity contribution in [2.75, 3.05) is 0 Å². The van der Waals surface area contributed by atoms with Crippen molar-refractivity contribution in [3.8, 4) is 5.75 Å². The van der Waals surface area contributed by atoms with Crippen LogP contribution in [0.15, 0.2) is 24.3 Å². The number of hydrogen-bond acceptors (Lipinski definition) is 3. The Morgan fingerprint density at radius 3 is 2.47 bits per heavy atom. The van der Waals surface area contributed by atoms with Gasteiger partial charge in [0, 0.05) is 12.0 Å². The van der Waals surface area contributed by atoms with Crippen LogP contribution in [0.25, 0.3) is 0 Å². The van der Waals surface area contributed by atoms with Crippen LogP contribution in [0.1, 0.15) is 30.6 Å². The fourth-order valence-electron chi connectivity index (χ4n) is 1.18. The first-order valence-corrected chi connectivity index (χ1v) is 4.92. The second kappa shape index (κ2) is 5.29. The summed E-state index contributed by atoms with van der Waals surface area (Å²) >= 11 is 0. The summed E-state index contributed by atoms with van der Waals surface area (Å²) in [6.45, 7) is 3.52. The van der Waals surface area contributed by atoms with Crippen molar-refractivity contribution in [2.24, 2.45) is 0 Å². The lowest BCUT2D eigenvalue weighted by Crippen LogP contribution is -2.22. The van der Waals surface area contributed by atoms with Crippen molar-refractivity contribution in [3.05, 3.63) is 29.8 Å². The molecule has 0 spiro atoms. The number of ketones is 1. The number of carbonyl (C=O) groups excluding carboxylic acids is 2. The summed E-state index contributed by atoms with van der Waals surface area (Å²) in [6.07, 6.45) is 0.801. The lowest BCUT2D eigenvalue weighted by Gasteiger charge is -2.12. The molecule has 0 amide bonds. The van der Waals surface area contributed by atoms with Crippen LogP contribution in [0.2, 0.25) is 0 Å². The van der Waals surface area contributed by atoms with E-state index in [-0.39, 0.29) is 5.78 Å². The Kier molecular flexibility index (Phi) is 4.03. The number of hydrogen-bond donors (Lipinski definition) is 0. The summed E-state index contributed by atoms with van der Waals surface area (Å²) in [5.74, 6) is 0.671. The maximum atomic E-state index is 11.3. The lowest BCUT2D eigenvalue weighted by atomic mass is 10.2. The second-order valence-corrected chi connectivity index (χ2v) is 3.27. The topological polar surface area (TPSA) is 43.4 Å². The van der Waals surface area contributed by atoms with Gasteiger partial charge in [0.25, 0.3) is 0 Å². The molecule has 0 heterocycles. The van der Waals surface area contributed by atoms with Gasteiger partial charge in [-0.05, 0) is 31.2 Å². The SMILES string of the molecule is CCC(=O)C(C)Oc1ccc(C=O)cc1. The van der Waals surface area contributed by atoms with Gasteiger partial charge in [-0.15, -0.1) is 0 Å². The largest absolute Gasteiger partial charge is 0.483 e. The fourth-order valence-corrected chi connectivity index (χ4v) is 1.18. The number of ether oxygens (including phenoxy) is 1. The van der Waals surface area contributed by atoms with Gasteiger partial charge in [-0.2, -0.15) is 0 Å². The van der Waals surface area contributed by atoms with E-state index in [1.165, 1.54) is 0 Å². The maximum absolute atomic E-state index is 11.3. The third-order valence-electron chi connectivity index (χ3n) is 2.13. The molecule has 0 bridgehead atoms. The van der Waals surface area contributed by atoms with Gasteiger partial charge >= 0.3 is 0 Å². The molecule has 0 aliphatic carbocycles. The Morgan fingerprint density at radius 1 is 1.40 bits per heavy atom. The standard InChI is InChI=1S/C12H14O3/c1-3-12(14)9(2)15-11-6-4-10(8-13)5-7-11/h4-9H,3H2,1-2H3. The van der Waals surface area contributed by atoms with Crippen LogP contribution in [0.3, 0.4) is 0 Å². The molecular formula is C12H14O3. The van der Waals surface area contributed by atoms with Crippen molar-refractivity contribution in [3.63, 3.8) is 0 Å². The molecular weight excluding hydrogens is 192 g/mol. The molecule has 15 heavy (non-hydrogen) atoms. The van der Waals surface area contributed by atoms with Crippen LogP contribution < -0.4 is 4.74 Å². The minimum Gasteiger partial charge on any atom is -0.483 e. The number of Topliss-reactive ketones (excluding diaryl/α,β-unsaturated/α-hetero) is 1. The van der Waals surface area contributed by atoms with Crippen LogP contribution >= 0.6 is 0 Å². The third kappa shape index (κ3) is 3.20. The molecule has 0 aliphatic heterocycles. The summed E-state index contributed by atoms with van der Waals surface area (Å²) in [5, 5.41) is 0. The maximum Gasteiger partial charge on any atom is 0.172 e. The van der Waals surface area contributed by atoms with E-state index < -0.39 is 6.10 Å². The smallest absolute Gasteiger partial charge is 0.172 e. The quantitative estimate of drug-likeness (QED) is 0.694. The van der Waals surface area contributed by atoms with Crippen LogP contribution in [0, 0.1) is 0 Å². The zero-order valence-electron chi connectivity index (χ0n) is 8.90. The first-order chi connectivity index (χ1) is 7.17. The number of carbonyl (C=O) groups is 2. The van der Waals surface area contributed by atoms with E-state index in [0.29, 0.717) is 17.7 Å². The molecule has 0 radical (unpaired) electrons. The molecule has 0 N–H and O–H groups in total. The molecule has 0 fully saturated rings. The van der Waals surface area contributed by atoms with Crippen LogP contribution in [0.4, 0.5) is 0 Å². The van der Waals surface area contributed by atoms with E-state index in [0.717, 1.165) is 6.29 Å². The van der Waals surface area contributed by atoms with Gasteiger partial charge in [0.2, 0.25) is 0 Å². The van der Waals surface area contributed by atoms with E-state index in [2.05, 4.69) is 0 Å². The Bertz CT molecular complexity index is 340. The lowest BCUT2D eigenvalue weighted by molar-refractivity contribution is -0.124. The zero-order valence-corrected chi connectivity index (χ0v) is 8.90. The fraction of sp³-hybridized carbons (Fsp3) is 0.333. The minimum absolute atomic E-state index is 0.0643. The molecule has 0 aromatic heterocycles. The number of aldehydes is 1. The highest BCUT2D eigenvalue weighted by molar-refractivity contribution is 5.82. The van der Waals surface area contributed by atoms with Crippen LogP contribution in [-0.4, -0.2) is 18.2 Å². The predicted molar refractivity (Wildman–Crippen MR) is 57.2 cm³/mol. The molecule has 80 valence electrons. The van der Waals surface area contributed by atoms with Crippen molar-refractivity contribution < 1.29 is 14.3 Å². The first-order valence-electron chi connectivity index (χ1n) is 4.92. The van der Waals surface area contributed by atoms with Gasteiger partial charge in [-0.25, -0.2) is 0 Å². The number of rotatable bonds is 5. The Morgan fingerprint density at radius 2 is 2.00 bits per heavy atom. The molecule has 1 aromatic carbocycles. The monoisotopic (exact) mass is 206 g/mol. The van der Waals surface area contributed by atoms with E-state index in [1.807, 2.05) is 0 Å². The molecule has 1 rings (SSSR count). The molecule has 0 saturated carbocycles. The van der Waals surface area contributed by atoms with Crippen LogP contribution in [0.5, 0.6) is 5.75 Å². The Balaban J connectivity index is 2.64. The minimum atomic E-state index is -0.433. The van der Waals surface area contributed by atoms with Gasteiger partial charge in [0.05, 0.1) is 0 Å². The molecule has 1 atom stereocenters. The molecule has 0 aliphatic rings. The number of benzene rings is 1. The van der Waals surface area contributed by atoms with E-state index >= 15 is 0 Å². The molecule has 1 aromatic rings. The van der Waals surface area contributed by atoms with Gasteiger partial charge in [0.1, 0.15) is 12.0 Å². The van der Waals surface area contributed by atoms with Gasteiger partial charge in [-0.3, -0.25) is 9.59 Å². The molecule has 0 saturated heterocycles. The third-order valence-corrected chi connectivity index (χ3v) is 2.13. The highest BCUT2D eigenvalue weighted by atomic mass is 16.5. The summed E-state index contributed by atoms with van der Waals surface area (Å²) < 4.78 is 5.40. The molecule has 3 nitrogen and oxygen atoms in total.